The van der Waals surface area contributed by atoms with Crippen molar-refractivity contribution in [1.82, 2.24) is 25.0 Å². The largest absolute Gasteiger partial charge is 0.374 e. The Labute approximate surface area is 141 Å². The highest BCUT2D eigenvalue weighted by Gasteiger charge is 2.22. The van der Waals surface area contributed by atoms with Crippen molar-refractivity contribution in [3.05, 3.63) is 48.5 Å². The van der Waals surface area contributed by atoms with Gasteiger partial charge >= 0.3 is 0 Å². The molecule has 0 bridgehead atoms. The molecule has 1 fully saturated rings. The van der Waals surface area contributed by atoms with Gasteiger partial charge in [-0.05, 0) is 12.5 Å². The second kappa shape index (κ2) is 8.03. The number of carbonyl (C=O) groups excluding carboxylic acids is 1. The number of hydrogen-bond acceptors (Lipinski definition) is 5. The second-order valence-electron chi connectivity index (χ2n) is 6.01. The van der Waals surface area contributed by atoms with Gasteiger partial charge in [-0.3, -0.25) is 9.69 Å². The van der Waals surface area contributed by atoms with E-state index in [1.807, 2.05) is 6.07 Å². The van der Waals surface area contributed by atoms with E-state index in [0.29, 0.717) is 13.2 Å². The van der Waals surface area contributed by atoms with E-state index in [4.69, 9.17) is 4.74 Å². The Morgan fingerprint density at radius 1 is 1.42 bits per heavy atom. The summed E-state index contributed by atoms with van der Waals surface area (Å²) in [6, 6.07) is 10.0. The van der Waals surface area contributed by atoms with Gasteiger partial charge in [0.1, 0.15) is 18.7 Å². The molecule has 0 unspecified atom stereocenters. The third-order valence-corrected chi connectivity index (χ3v) is 4.19. The monoisotopic (exact) mass is 329 g/mol. The molecule has 2 heterocycles. The second-order valence-corrected chi connectivity index (χ2v) is 6.01. The van der Waals surface area contributed by atoms with Crippen LogP contribution in [0.15, 0.2) is 43.0 Å². The van der Waals surface area contributed by atoms with E-state index in [-0.39, 0.29) is 18.1 Å². The summed E-state index contributed by atoms with van der Waals surface area (Å²) in [5.41, 5.74) is 1.29. The van der Waals surface area contributed by atoms with Gasteiger partial charge in [0.25, 0.3) is 0 Å². The number of ether oxygens (including phenoxy) is 1. The lowest BCUT2D eigenvalue weighted by molar-refractivity contribution is -0.125. The van der Waals surface area contributed by atoms with Gasteiger partial charge in [-0.1, -0.05) is 30.3 Å². The molecule has 7 heteroatoms. The number of amides is 1. The van der Waals surface area contributed by atoms with E-state index < -0.39 is 0 Å². The van der Waals surface area contributed by atoms with Crippen LogP contribution < -0.4 is 5.32 Å². The standard InChI is InChI=1S/C17H23N5O2/c1-14(22-13-18-12-20-22)17(23)19-9-16-11-21(7-8-24-16)10-15-5-3-2-4-6-15/h2-6,12-14,16H,7-11H2,1H3,(H,19,23)/t14-,16+/m1/s1. The number of hydrogen-bond donors (Lipinski definition) is 1. The zero-order chi connectivity index (χ0) is 16.8. The molecule has 1 aromatic heterocycles. The molecular weight excluding hydrogens is 306 g/mol. The molecule has 7 nitrogen and oxygen atoms in total. The van der Waals surface area contributed by atoms with Crippen LogP contribution in [0.2, 0.25) is 0 Å². The summed E-state index contributed by atoms with van der Waals surface area (Å²) in [7, 11) is 0. The molecule has 2 atom stereocenters. The average Bonchev–Trinajstić information content (AvgIpc) is 3.15. The van der Waals surface area contributed by atoms with E-state index in [1.165, 1.54) is 11.9 Å². The van der Waals surface area contributed by atoms with Gasteiger partial charge in [0.05, 0.1) is 12.7 Å². The molecule has 1 saturated heterocycles. The molecule has 0 saturated carbocycles. The van der Waals surface area contributed by atoms with Crippen molar-refractivity contribution >= 4 is 5.91 Å². The highest BCUT2D eigenvalue weighted by molar-refractivity contribution is 5.79. The number of nitrogens with one attached hydrogen (secondary N) is 1. The van der Waals surface area contributed by atoms with Crippen molar-refractivity contribution in [2.45, 2.75) is 25.6 Å². The summed E-state index contributed by atoms with van der Waals surface area (Å²) in [4.78, 5) is 18.4. The fourth-order valence-corrected chi connectivity index (χ4v) is 2.79. The Morgan fingerprint density at radius 2 is 2.25 bits per heavy atom. The maximum Gasteiger partial charge on any atom is 0.244 e. The third-order valence-electron chi connectivity index (χ3n) is 4.19. The Bertz CT molecular complexity index is 632. The first-order valence-corrected chi connectivity index (χ1v) is 8.22. The number of benzene rings is 1. The first-order chi connectivity index (χ1) is 11.7. The minimum absolute atomic E-state index is 0.00867. The van der Waals surface area contributed by atoms with Crippen LogP contribution in [0.5, 0.6) is 0 Å². The molecular formula is C17H23N5O2. The zero-order valence-corrected chi connectivity index (χ0v) is 13.8. The number of aromatic nitrogens is 3. The molecule has 1 aliphatic rings. The SMILES string of the molecule is C[C@H](C(=O)NC[C@H]1CN(Cc2ccccc2)CCO1)n1cncn1. The van der Waals surface area contributed by atoms with Crippen LogP contribution in [0.4, 0.5) is 0 Å². The quantitative estimate of drug-likeness (QED) is 0.851. The molecule has 3 rings (SSSR count). The Hall–Kier alpha value is -2.25. The molecule has 0 spiro atoms. The number of morpholine rings is 1. The maximum absolute atomic E-state index is 12.2. The van der Waals surface area contributed by atoms with Crippen molar-refractivity contribution in [2.24, 2.45) is 0 Å². The molecule has 24 heavy (non-hydrogen) atoms. The summed E-state index contributed by atoms with van der Waals surface area (Å²) < 4.78 is 7.32. The Morgan fingerprint density at radius 3 is 3.00 bits per heavy atom. The van der Waals surface area contributed by atoms with Crippen LogP contribution in [0, 0.1) is 0 Å². The van der Waals surface area contributed by atoms with Gasteiger partial charge in [-0.15, -0.1) is 0 Å². The Balaban J connectivity index is 1.46. The van der Waals surface area contributed by atoms with Crippen LogP contribution in [0.3, 0.4) is 0 Å². The zero-order valence-electron chi connectivity index (χ0n) is 13.8. The van der Waals surface area contributed by atoms with Crippen LogP contribution in [-0.4, -0.2) is 57.9 Å². The third kappa shape index (κ3) is 4.39. The smallest absolute Gasteiger partial charge is 0.244 e. The van der Waals surface area contributed by atoms with Crippen molar-refractivity contribution in [3.63, 3.8) is 0 Å². The van der Waals surface area contributed by atoms with Gasteiger partial charge in [0.15, 0.2) is 0 Å². The van der Waals surface area contributed by atoms with Gasteiger partial charge < -0.3 is 10.1 Å². The van der Waals surface area contributed by atoms with E-state index in [0.717, 1.165) is 19.6 Å². The minimum Gasteiger partial charge on any atom is -0.374 e. The topological polar surface area (TPSA) is 72.3 Å². The molecule has 0 aliphatic carbocycles. The van der Waals surface area contributed by atoms with Gasteiger partial charge in [0, 0.05) is 26.2 Å². The predicted molar refractivity (Wildman–Crippen MR) is 89.2 cm³/mol. The predicted octanol–water partition coefficient (Wildman–Crippen LogP) is 0.856. The van der Waals surface area contributed by atoms with Crippen LogP contribution in [-0.2, 0) is 16.1 Å². The van der Waals surface area contributed by atoms with Crippen molar-refractivity contribution in [2.75, 3.05) is 26.2 Å². The molecule has 2 aromatic rings. The number of carbonyl (C=O) groups is 1. The van der Waals surface area contributed by atoms with Crippen LogP contribution in [0.1, 0.15) is 18.5 Å². The summed E-state index contributed by atoms with van der Waals surface area (Å²) in [6.45, 7) is 5.62. The van der Waals surface area contributed by atoms with E-state index >= 15 is 0 Å². The summed E-state index contributed by atoms with van der Waals surface area (Å²) >= 11 is 0. The van der Waals surface area contributed by atoms with Gasteiger partial charge in [-0.25, -0.2) is 9.67 Å². The van der Waals surface area contributed by atoms with Crippen LogP contribution >= 0.6 is 0 Å². The van der Waals surface area contributed by atoms with Gasteiger partial charge in [0.2, 0.25) is 5.91 Å². The Kier molecular flexibility index (Phi) is 5.55. The first kappa shape index (κ1) is 16.6. The van der Waals surface area contributed by atoms with Crippen molar-refractivity contribution in [1.29, 1.82) is 0 Å². The molecule has 1 N–H and O–H groups in total. The van der Waals surface area contributed by atoms with E-state index in [9.17, 15) is 4.79 Å². The normalized spacial score (nSPS) is 19.8. The molecule has 1 amide bonds. The van der Waals surface area contributed by atoms with Gasteiger partial charge in [-0.2, -0.15) is 5.10 Å². The summed E-state index contributed by atoms with van der Waals surface area (Å²) in [5.74, 6) is -0.0794. The average molecular weight is 329 g/mol. The molecule has 1 aromatic carbocycles. The lowest BCUT2D eigenvalue weighted by Gasteiger charge is -2.33. The number of rotatable bonds is 6. The van der Waals surface area contributed by atoms with Crippen molar-refractivity contribution < 1.29 is 9.53 Å². The fraction of sp³-hybridized carbons (Fsp3) is 0.471. The fourth-order valence-electron chi connectivity index (χ4n) is 2.79. The summed E-state index contributed by atoms with van der Waals surface area (Å²) in [5, 5.41) is 6.94. The molecule has 0 radical (unpaired) electrons. The minimum atomic E-state index is -0.378. The van der Waals surface area contributed by atoms with E-state index in [1.54, 1.807) is 17.9 Å². The summed E-state index contributed by atoms with van der Waals surface area (Å²) in [6.07, 6.45) is 2.98. The molecule has 1 aliphatic heterocycles. The maximum atomic E-state index is 12.2. The highest BCUT2D eigenvalue weighted by atomic mass is 16.5. The lowest BCUT2D eigenvalue weighted by atomic mass is 10.2. The van der Waals surface area contributed by atoms with Crippen molar-refractivity contribution in [3.8, 4) is 0 Å². The first-order valence-electron chi connectivity index (χ1n) is 8.22. The molecule has 128 valence electrons. The van der Waals surface area contributed by atoms with E-state index in [2.05, 4.69) is 44.6 Å². The highest BCUT2D eigenvalue weighted by Crippen LogP contribution is 2.10. The lowest BCUT2D eigenvalue weighted by Crippen LogP contribution is -2.47. The number of nitrogens with zero attached hydrogens (tertiary/aromatic N) is 4. The van der Waals surface area contributed by atoms with Crippen LogP contribution in [0.25, 0.3) is 0 Å².